The van der Waals surface area contributed by atoms with Crippen LogP contribution in [0.3, 0.4) is 0 Å². The second-order valence-corrected chi connectivity index (χ2v) is 5.30. The highest BCUT2D eigenvalue weighted by Gasteiger charge is 2.28. The van der Waals surface area contributed by atoms with Crippen LogP contribution in [0, 0.1) is 0 Å². The lowest BCUT2D eigenvalue weighted by atomic mass is 10.2. The zero-order valence-electron chi connectivity index (χ0n) is 11.6. The minimum absolute atomic E-state index is 0.211. The number of rotatable bonds is 3. The fraction of sp³-hybridized carbons (Fsp3) is 0.571. The van der Waals surface area contributed by atoms with Crippen molar-refractivity contribution in [3.8, 4) is 0 Å². The van der Waals surface area contributed by atoms with Gasteiger partial charge < -0.3 is 19.7 Å². The Balaban J connectivity index is 1.90. The van der Waals surface area contributed by atoms with Gasteiger partial charge in [0, 0.05) is 25.5 Å². The summed E-state index contributed by atoms with van der Waals surface area (Å²) in [6, 6.07) is 8.56. The van der Waals surface area contributed by atoms with Gasteiger partial charge in [-0.2, -0.15) is 0 Å². The Hall–Kier alpha value is -1.26. The van der Waals surface area contributed by atoms with E-state index in [9.17, 15) is 0 Å². The lowest BCUT2D eigenvalue weighted by Gasteiger charge is -2.35. The third-order valence-electron chi connectivity index (χ3n) is 3.02. The molecule has 0 saturated carbocycles. The molecular weight excluding hydrogens is 228 g/mol. The summed E-state index contributed by atoms with van der Waals surface area (Å²) in [6.45, 7) is 5.22. The summed E-state index contributed by atoms with van der Waals surface area (Å²) in [4.78, 5) is 2.08. The van der Waals surface area contributed by atoms with Crippen molar-refractivity contribution < 1.29 is 9.47 Å². The van der Waals surface area contributed by atoms with Crippen LogP contribution in [-0.2, 0) is 9.47 Å². The van der Waals surface area contributed by atoms with Gasteiger partial charge in [-0.25, -0.2) is 0 Å². The average molecular weight is 250 g/mol. The molecule has 4 heteroatoms. The van der Waals surface area contributed by atoms with Gasteiger partial charge in [0.25, 0.3) is 0 Å². The van der Waals surface area contributed by atoms with Crippen molar-refractivity contribution in [3.05, 3.63) is 24.3 Å². The number of ether oxygens (including phenoxy) is 2. The highest BCUT2D eigenvalue weighted by Crippen LogP contribution is 2.21. The average Bonchev–Trinajstić information content (AvgIpc) is 2.33. The molecule has 2 rings (SSSR count). The Bertz CT molecular complexity index is 377. The highest BCUT2D eigenvalue weighted by atomic mass is 16.7. The fourth-order valence-corrected chi connectivity index (χ4v) is 1.87. The Morgan fingerprint density at radius 1 is 1.11 bits per heavy atom. The van der Waals surface area contributed by atoms with E-state index < -0.39 is 5.79 Å². The third kappa shape index (κ3) is 3.37. The molecule has 1 saturated heterocycles. The van der Waals surface area contributed by atoms with Crippen LogP contribution in [-0.4, -0.2) is 39.1 Å². The second kappa shape index (κ2) is 5.16. The molecule has 18 heavy (non-hydrogen) atoms. The number of hydrogen-bond acceptors (Lipinski definition) is 4. The monoisotopic (exact) mass is 250 g/mol. The normalized spacial score (nSPS) is 19.6. The van der Waals surface area contributed by atoms with Crippen molar-refractivity contribution in [2.24, 2.45) is 0 Å². The summed E-state index contributed by atoms with van der Waals surface area (Å²) in [5, 5.41) is 3.42. The van der Waals surface area contributed by atoms with Gasteiger partial charge in [0.05, 0.1) is 19.3 Å². The first-order chi connectivity index (χ1) is 8.46. The van der Waals surface area contributed by atoms with E-state index in [1.807, 2.05) is 27.9 Å². The highest BCUT2D eigenvalue weighted by molar-refractivity contribution is 5.54. The van der Waals surface area contributed by atoms with Crippen molar-refractivity contribution in [1.82, 2.24) is 0 Å². The molecule has 1 aliphatic heterocycles. The molecule has 0 aromatic heterocycles. The number of anilines is 2. The van der Waals surface area contributed by atoms with E-state index in [1.54, 1.807) is 0 Å². The SMILES string of the molecule is CN(C)c1ccc(NC2COC(C)(C)OC2)cc1. The lowest BCUT2D eigenvalue weighted by Crippen LogP contribution is -2.45. The van der Waals surface area contributed by atoms with Crippen molar-refractivity contribution in [3.63, 3.8) is 0 Å². The Morgan fingerprint density at radius 3 is 2.17 bits per heavy atom. The van der Waals surface area contributed by atoms with Crippen molar-refractivity contribution in [1.29, 1.82) is 0 Å². The van der Waals surface area contributed by atoms with Crippen LogP contribution in [0.25, 0.3) is 0 Å². The first-order valence-corrected chi connectivity index (χ1v) is 6.28. The number of hydrogen-bond donors (Lipinski definition) is 1. The van der Waals surface area contributed by atoms with Gasteiger partial charge in [0.15, 0.2) is 5.79 Å². The van der Waals surface area contributed by atoms with Gasteiger partial charge >= 0.3 is 0 Å². The van der Waals surface area contributed by atoms with Gasteiger partial charge in [-0.3, -0.25) is 0 Å². The molecule has 0 radical (unpaired) electrons. The molecule has 1 aromatic carbocycles. The topological polar surface area (TPSA) is 33.7 Å². The van der Waals surface area contributed by atoms with Crippen LogP contribution in [0.5, 0.6) is 0 Å². The minimum Gasteiger partial charge on any atom is -0.378 e. The summed E-state index contributed by atoms with van der Waals surface area (Å²) in [5.41, 5.74) is 2.29. The zero-order valence-corrected chi connectivity index (χ0v) is 11.6. The van der Waals surface area contributed by atoms with E-state index >= 15 is 0 Å². The van der Waals surface area contributed by atoms with Crippen molar-refractivity contribution in [2.75, 3.05) is 37.5 Å². The summed E-state index contributed by atoms with van der Waals surface area (Å²) in [5.74, 6) is -0.451. The van der Waals surface area contributed by atoms with Crippen LogP contribution in [0.4, 0.5) is 11.4 Å². The zero-order chi connectivity index (χ0) is 13.2. The van der Waals surface area contributed by atoms with E-state index in [0.29, 0.717) is 13.2 Å². The molecule has 0 unspecified atom stereocenters. The fourth-order valence-electron chi connectivity index (χ4n) is 1.87. The van der Waals surface area contributed by atoms with Crippen LogP contribution in [0.15, 0.2) is 24.3 Å². The van der Waals surface area contributed by atoms with Crippen LogP contribution < -0.4 is 10.2 Å². The number of nitrogens with one attached hydrogen (secondary N) is 1. The molecule has 0 amide bonds. The van der Waals surface area contributed by atoms with Gasteiger partial charge in [-0.15, -0.1) is 0 Å². The maximum absolute atomic E-state index is 5.62. The summed E-state index contributed by atoms with van der Waals surface area (Å²) < 4.78 is 11.2. The Labute approximate surface area is 109 Å². The molecule has 1 aromatic rings. The van der Waals surface area contributed by atoms with Gasteiger partial charge in [0.1, 0.15) is 0 Å². The molecule has 1 N–H and O–H groups in total. The van der Waals surface area contributed by atoms with Crippen LogP contribution >= 0.6 is 0 Å². The van der Waals surface area contributed by atoms with Gasteiger partial charge in [-0.05, 0) is 38.1 Å². The first-order valence-electron chi connectivity index (χ1n) is 6.28. The van der Waals surface area contributed by atoms with Crippen LogP contribution in [0.2, 0.25) is 0 Å². The van der Waals surface area contributed by atoms with E-state index in [-0.39, 0.29) is 6.04 Å². The summed E-state index contributed by atoms with van der Waals surface area (Å²) in [7, 11) is 4.07. The smallest absolute Gasteiger partial charge is 0.162 e. The van der Waals surface area contributed by atoms with Crippen molar-refractivity contribution >= 4 is 11.4 Å². The third-order valence-corrected chi connectivity index (χ3v) is 3.02. The van der Waals surface area contributed by atoms with E-state index in [4.69, 9.17) is 9.47 Å². The molecule has 1 fully saturated rings. The molecular formula is C14H22N2O2. The Kier molecular flexibility index (Phi) is 3.78. The van der Waals surface area contributed by atoms with Crippen LogP contribution in [0.1, 0.15) is 13.8 Å². The first kappa shape index (κ1) is 13.2. The summed E-state index contributed by atoms with van der Waals surface area (Å²) >= 11 is 0. The second-order valence-electron chi connectivity index (χ2n) is 5.30. The minimum atomic E-state index is -0.451. The number of benzene rings is 1. The molecule has 4 nitrogen and oxygen atoms in total. The Morgan fingerprint density at radius 2 is 1.67 bits per heavy atom. The van der Waals surface area contributed by atoms with Gasteiger partial charge in [0.2, 0.25) is 0 Å². The molecule has 0 aliphatic carbocycles. The molecule has 0 atom stereocenters. The maximum atomic E-state index is 5.62. The molecule has 1 heterocycles. The maximum Gasteiger partial charge on any atom is 0.162 e. The summed E-state index contributed by atoms with van der Waals surface area (Å²) in [6.07, 6.45) is 0. The molecule has 100 valence electrons. The largest absolute Gasteiger partial charge is 0.378 e. The predicted molar refractivity (Wildman–Crippen MR) is 74.2 cm³/mol. The molecule has 0 spiro atoms. The standard InChI is InChI=1S/C14H22N2O2/c1-14(2)17-9-12(10-18-14)15-11-5-7-13(8-6-11)16(3)4/h5-8,12,15H,9-10H2,1-4H3. The quantitative estimate of drug-likeness (QED) is 0.892. The predicted octanol–water partition coefficient (Wildman–Crippen LogP) is 2.32. The van der Waals surface area contributed by atoms with Crippen molar-refractivity contribution in [2.45, 2.75) is 25.7 Å². The number of nitrogens with zero attached hydrogens (tertiary/aromatic N) is 1. The van der Waals surface area contributed by atoms with E-state index in [2.05, 4.69) is 34.5 Å². The van der Waals surface area contributed by atoms with E-state index in [0.717, 1.165) is 5.69 Å². The molecule has 1 aliphatic rings. The molecule has 0 bridgehead atoms. The lowest BCUT2D eigenvalue weighted by molar-refractivity contribution is -0.247. The van der Waals surface area contributed by atoms with Gasteiger partial charge in [-0.1, -0.05) is 0 Å². The van der Waals surface area contributed by atoms with E-state index in [1.165, 1.54) is 5.69 Å².